The summed E-state index contributed by atoms with van der Waals surface area (Å²) < 4.78 is 1.21. The van der Waals surface area contributed by atoms with Crippen molar-refractivity contribution < 1.29 is 9.59 Å². The fraction of sp³-hybridized carbons (Fsp3) is 0.583. The maximum atomic E-state index is 13.3. The molecule has 30 heavy (non-hydrogen) atoms. The number of likely N-dealkylation sites (tertiary alicyclic amines) is 1. The molecule has 1 saturated heterocycles. The molecule has 2 aliphatic rings. The van der Waals surface area contributed by atoms with Gasteiger partial charge in [0.05, 0.1) is 4.88 Å². The van der Waals surface area contributed by atoms with Gasteiger partial charge in [-0.2, -0.15) is 0 Å². The molecule has 162 valence electrons. The average molecular weight is 428 g/mol. The Morgan fingerprint density at radius 1 is 1.07 bits per heavy atom. The van der Waals surface area contributed by atoms with Gasteiger partial charge in [-0.25, -0.2) is 0 Å². The Balaban J connectivity index is 1.51. The van der Waals surface area contributed by atoms with Crippen molar-refractivity contribution in [2.45, 2.75) is 57.4 Å². The van der Waals surface area contributed by atoms with E-state index < -0.39 is 0 Å². The lowest BCUT2D eigenvalue weighted by atomic mass is 9.77. The molecule has 0 spiro atoms. The number of amides is 2. The molecule has 2 amide bonds. The quantitative estimate of drug-likeness (QED) is 0.754. The molecular formula is C24H33N3O2S. The standard InChI is InChI=1S/C24H33N3O2S/c1-16(28)25-15-17-7-9-18(10-8-17)22-20-5-3-4-6-21(20)30-23(22)24(29)26-19-11-13-27(2)14-12-19/h3-6,17-19H,7-15H2,1-2H3,(H,25,28)(H,26,29). The first-order chi connectivity index (χ1) is 14.5. The molecule has 6 heteroatoms. The van der Waals surface area contributed by atoms with E-state index in [2.05, 4.69) is 46.8 Å². The fourth-order valence-corrected chi connectivity index (χ4v) is 6.18. The molecule has 4 rings (SSSR count). The van der Waals surface area contributed by atoms with Crippen molar-refractivity contribution in [2.75, 3.05) is 26.7 Å². The van der Waals surface area contributed by atoms with Crippen molar-refractivity contribution >= 4 is 33.2 Å². The summed E-state index contributed by atoms with van der Waals surface area (Å²) in [6.07, 6.45) is 6.42. The third-order valence-electron chi connectivity index (χ3n) is 6.79. The molecule has 2 N–H and O–H groups in total. The van der Waals surface area contributed by atoms with Gasteiger partial charge in [0.15, 0.2) is 0 Å². The number of benzene rings is 1. The lowest BCUT2D eigenvalue weighted by Crippen LogP contribution is -2.43. The molecule has 2 aromatic rings. The molecule has 1 aromatic carbocycles. The zero-order chi connectivity index (χ0) is 21.1. The van der Waals surface area contributed by atoms with Crippen molar-refractivity contribution in [1.82, 2.24) is 15.5 Å². The number of carbonyl (C=O) groups excluding carboxylic acids is 2. The molecule has 0 unspecified atom stereocenters. The van der Waals surface area contributed by atoms with Crippen molar-refractivity contribution in [3.63, 3.8) is 0 Å². The van der Waals surface area contributed by atoms with Crippen LogP contribution in [0.5, 0.6) is 0 Å². The number of piperidine rings is 1. The number of hydrogen-bond donors (Lipinski definition) is 2. The third-order valence-corrected chi connectivity index (χ3v) is 7.97. The van der Waals surface area contributed by atoms with E-state index in [0.29, 0.717) is 11.8 Å². The molecule has 2 fully saturated rings. The highest BCUT2D eigenvalue weighted by Gasteiger charge is 2.30. The first kappa shape index (κ1) is 21.3. The third kappa shape index (κ3) is 4.86. The van der Waals surface area contributed by atoms with Crippen LogP contribution in [0.2, 0.25) is 0 Å². The molecule has 1 saturated carbocycles. The first-order valence-electron chi connectivity index (χ1n) is 11.3. The minimum atomic E-state index is 0.0498. The van der Waals surface area contributed by atoms with Gasteiger partial charge in [-0.05, 0) is 87.5 Å². The van der Waals surface area contributed by atoms with E-state index in [1.165, 1.54) is 15.6 Å². The van der Waals surface area contributed by atoms with Gasteiger partial charge in [0.25, 0.3) is 5.91 Å². The van der Waals surface area contributed by atoms with Crippen molar-refractivity contribution in [3.05, 3.63) is 34.7 Å². The molecule has 1 aliphatic heterocycles. The van der Waals surface area contributed by atoms with Crippen LogP contribution >= 0.6 is 11.3 Å². The van der Waals surface area contributed by atoms with E-state index in [-0.39, 0.29) is 17.9 Å². The van der Waals surface area contributed by atoms with Gasteiger partial charge < -0.3 is 15.5 Å². The van der Waals surface area contributed by atoms with Crippen LogP contribution in [0, 0.1) is 5.92 Å². The Labute approximate surface area is 183 Å². The number of hydrogen-bond acceptors (Lipinski definition) is 4. The Bertz CT molecular complexity index is 893. The highest BCUT2D eigenvalue weighted by atomic mass is 32.1. The lowest BCUT2D eigenvalue weighted by molar-refractivity contribution is -0.119. The molecule has 2 heterocycles. The zero-order valence-electron chi connectivity index (χ0n) is 18.1. The van der Waals surface area contributed by atoms with Gasteiger partial charge in [0, 0.05) is 24.2 Å². The minimum absolute atomic E-state index is 0.0498. The Kier molecular flexibility index (Phi) is 6.74. The van der Waals surface area contributed by atoms with Gasteiger partial charge in [-0.1, -0.05) is 18.2 Å². The fourth-order valence-electron chi connectivity index (χ4n) is 4.99. The number of carbonyl (C=O) groups is 2. The van der Waals surface area contributed by atoms with Gasteiger partial charge in [0.2, 0.25) is 5.91 Å². The normalized spacial score (nSPS) is 23.4. The predicted molar refractivity (Wildman–Crippen MR) is 123 cm³/mol. The highest BCUT2D eigenvalue weighted by Crippen LogP contribution is 2.43. The van der Waals surface area contributed by atoms with Gasteiger partial charge in [-0.15, -0.1) is 11.3 Å². The second kappa shape index (κ2) is 9.48. The van der Waals surface area contributed by atoms with Crippen LogP contribution in [0.1, 0.15) is 66.6 Å². The summed E-state index contributed by atoms with van der Waals surface area (Å²) in [6.45, 7) is 4.44. The number of thiophene rings is 1. The maximum absolute atomic E-state index is 13.3. The second-order valence-electron chi connectivity index (χ2n) is 9.05. The Morgan fingerprint density at radius 3 is 2.47 bits per heavy atom. The Hall–Kier alpha value is -1.92. The van der Waals surface area contributed by atoms with E-state index in [4.69, 9.17) is 0 Å². The first-order valence-corrected chi connectivity index (χ1v) is 12.1. The smallest absolute Gasteiger partial charge is 0.261 e. The van der Waals surface area contributed by atoms with Gasteiger partial charge >= 0.3 is 0 Å². The number of nitrogens with one attached hydrogen (secondary N) is 2. The van der Waals surface area contributed by atoms with E-state index in [1.54, 1.807) is 18.3 Å². The van der Waals surface area contributed by atoms with Crippen LogP contribution in [0.25, 0.3) is 10.1 Å². The largest absolute Gasteiger partial charge is 0.356 e. The van der Waals surface area contributed by atoms with Crippen LogP contribution in [0.15, 0.2) is 24.3 Å². The topological polar surface area (TPSA) is 61.4 Å². The average Bonchev–Trinajstić information content (AvgIpc) is 3.14. The van der Waals surface area contributed by atoms with E-state index >= 15 is 0 Å². The van der Waals surface area contributed by atoms with Crippen molar-refractivity contribution in [2.24, 2.45) is 5.92 Å². The van der Waals surface area contributed by atoms with Crippen LogP contribution in [0.4, 0.5) is 0 Å². The van der Waals surface area contributed by atoms with Crippen LogP contribution < -0.4 is 10.6 Å². The van der Waals surface area contributed by atoms with E-state index in [9.17, 15) is 9.59 Å². The summed E-state index contributed by atoms with van der Waals surface area (Å²) in [4.78, 5) is 27.8. The number of fused-ring (bicyclic) bond motifs is 1. The highest BCUT2D eigenvalue weighted by molar-refractivity contribution is 7.21. The van der Waals surface area contributed by atoms with Gasteiger partial charge in [-0.3, -0.25) is 9.59 Å². The molecule has 5 nitrogen and oxygen atoms in total. The summed E-state index contributed by atoms with van der Waals surface area (Å²) in [6, 6.07) is 8.74. The minimum Gasteiger partial charge on any atom is -0.356 e. The lowest BCUT2D eigenvalue weighted by Gasteiger charge is -2.30. The van der Waals surface area contributed by atoms with Crippen LogP contribution in [-0.4, -0.2) is 49.4 Å². The second-order valence-corrected chi connectivity index (χ2v) is 10.1. The van der Waals surface area contributed by atoms with Crippen molar-refractivity contribution in [1.29, 1.82) is 0 Å². The summed E-state index contributed by atoms with van der Waals surface area (Å²) in [5.74, 6) is 1.13. The summed E-state index contributed by atoms with van der Waals surface area (Å²) in [5, 5.41) is 7.55. The van der Waals surface area contributed by atoms with Gasteiger partial charge in [0.1, 0.15) is 0 Å². The number of nitrogens with zero attached hydrogens (tertiary/aromatic N) is 1. The van der Waals surface area contributed by atoms with E-state index in [1.807, 2.05) is 0 Å². The predicted octanol–water partition coefficient (Wildman–Crippen LogP) is 4.14. The Morgan fingerprint density at radius 2 is 1.77 bits per heavy atom. The van der Waals surface area contributed by atoms with E-state index in [0.717, 1.165) is 63.0 Å². The van der Waals surface area contributed by atoms with Crippen molar-refractivity contribution in [3.8, 4) is 0 Å². The van der Waals surface area contributed by atoms with Crippen LogP contribution in [0.3, 0.4) is 0 Å². The van der Waals surface area contributed by atoms with Crippen LogP contribution in [-0.2, 0) is 4.79 Å². The summed E-state index contributed by atoms with van der Waals surface area (Å²) in [7, 11) is 2.14. The monoisotopic (exact) mass is 427 g/mol. The summed E-state index contributed by atoms with van der Waals surface area (Å²) >= 11 is 1.65. The molecule has 0 bridgehead atoms. The molecule has 0 atom stereocenters. The maximum Gasteiger partial charge on any atom is 0.261 e. The zero-order valence-corrected chi connectivity index (χ0v) is 18.9. The summed E-state index contributed by atoms with van der Waals surface area (Å²) in [5.41, 5.74) is 1.26. The number of rotatable bonds is 5. The molecule has 1 aromatic heterocycles. The molecule has 0 radical (unpaired) electrons. The SMILES string of the molecule is CC(=O)NCC1CCC(c2c(C(=O)NC3CCN(C)CC3)sc3ccccc23)CC1. The molecular weight excluding hydrogens is 394 g/mol. The molecule has 1 aliphatic carbocycles.